The second-order valence-electron chi connectivity index (χ2n) is 8.01. The molecule has 3 aromatic rings. The highest BCUT2D eigenvalue weighted by Gasteiger charge is 2.38. The molecule has 7 nitrogen and oxygen atoms in total. The zero-order valence-corrected chi connectivity index (χ0v) is 19.6. The minimum Gasteiger partial charge on any atom is -0.496 e. The van der Waals surface area contributed by atoms with Crippen molar-refractivity contribution in [3.63, 3.8) is 0 Å². The van der Waals surface area contributed by atoms with Gasteiger partial charge in [-0.15, -0.1) is 0 Å². The summed E-state index contributed by atoms with van der Waals surface area (Å²) < 4.78 is 89.6. The molecule has 1 saturated heterocycles. The Kier molecular flexibility index (Phi) is 7.01. The number of hydrogen-bond acceptors (Lipinski definition) is 6. The van der Waals surface area contributed by atoms with Crippen LogP contribution in [0.25, 0.3) is 11.1 Å². The van der Waals surface area contributed by atoms with Crippen molar-refractivity contribution in [1.82, 2.24) is 10.3 Å². The van der Waals surface area contributed by atoms with Gasteiger partial charge in [0.2, 0.25) is 0 Å². The molecular formula is C24H20F4N2O5S. The summed E-state index contributed by atoms with van der Waals surface area (Å²) in [5, 5.41) is 1.54. The predicted octanol–water partition coefficient (Wildman–Crippen LogP) is 4.02. The third-order valence-electron chi connectivity index (χ3n) is 5.67. The lowest BCUT2D eigenvalue weighted by Gasteiger charge is -2.26. The van der Waals surface area contributed by atoms with E-state index in [2.05, 4.69) is 10.3 Å². The van der Waals surface area contributed by atoms with Gasteiger partial charge >= 0.3 is 6.18 Å². The summed E-state index contributed by atoms with van der Waals surface area (Å²) in [6.07, 6.45) is -1.94. The van der Waals surface area contributed by atoms with Gasteiger partial charge in [0.05, 0.1) is 30.8 Å². The minimum atomic E-state index is -4.87. The number of carbonyl (C=O) groups excluding carboxylic acids is 1. The number of amides is 1. The van der Waals surface area contributed by atoms with Crippen molar-refractivity contribution >= 4 is 15.7 Å². The fraction of sp³-hybridized carbons (Fsp3) is 0.250. The molecule has 0 atom stereocenters. The van der Waals surface area contributed by atoms with E-state index in [9.17, 15) is 30.8 Å². The standard InChI is InChI=1S/C24H20F4N2O5S/c1-34-22-9-17(25)2-3-21(22)20-4-5-29-10-15(20)11-30-23(31)14-6-16(24(26,27)28)8-18(7-14)36(32,33)19-12-35-13-19/h2-10,19H,11-13H2,1H3,(H,30,31). The number of carbonyl (C=O) groups is 1. The number of benzene rings is 2. The quantitative estimate of drug-likeness (QED) is 0.470. The Morgan fingerprint density at radius 2 is 1.89 bits per heavy atom. The van der Waals surface area contributed by atoms with Gasteiger partial charge in [-0.1, -0.05) is 0 Å². The second-order valence-corrected chi connectivity index (χ2v) is 10.2. The summed E-state index contributed by atoms with van der Waals surface area (Å²) in [5.74, 6) is -1.19. The van der Waals surface area contributed by atoms with Crippen molar-refractivity contribution in [3.05, 3.63) is 77.4 Å². The number of pyridine rings is 1. The third kappa shape index (κ3) is 5.19. The van der Waals surface area contributed by atoms with Gasteiger partial charge in [-0.2, -0.15) is 13.2 Å². The van der Waals surface area contributed by atoms with Crippen LogP contribution in [-0.4, -0.2) is 44.9 Å². The van der Waals surface area contributed by atoms with Crippen LogP contribution in [0.2, 0.25) is 0 Å². The van der Waals surface area contributed by atoms with Crippen molar-refractivity contribution in [2.45, 2.75) is 22.9 Å². The molecule has 0 bridgehead atoms. The molecule has 1 aliphatic rings. The number of nitrogens with zero attached hydrogens (tertiary/aromatic N) is 1. The van der Waals surface area contributed by atoms with Gasteiger partial charge < -0.3 is 14.8 Å². The Morgan fingerprint density at radius 3 is 2.53 bits per heavy atom. The van der Waals surface area contributed by atoms with Crippen LogP contribution in [0.1, 0.15) is 21.5 Å². The highest BCUT2D eigenvalue weighted by Crippen LogP contribution is 2.34. The third-order valence-corrected chi connectivity index (χ3v) is 7.71. The molecule has 0 unspecified atom stereocenters. The SMILES string of the molecule is COc1cc(F)ccc1-c1ccncc1CNC(=O)c1cc(C(F)(F)F)cc(S(=O)(=O)C2COC2)c1. The van der Waals surface area contributed by atoms with Gasteiger partial charge in [-0.05, 0) is 47.5 Å². The molecule has 0 radical (unpaired) electrons. The van der Waals surface area contributed by atoms with Gasteiger partial charge in [-0.3, -0.25) is 9.78 Å². The number of alkyl halides is 3. The largest absolute Gasteiger partial charge is 0.496 e. The summed E-state index contributed by atoms with van der Waals surface area (Å²) in [6.45, 7) is -0.412. The highest BCUT2D eigenvalue weighted by atomic mass is 32.2. The Labute approximate surface area is 204 Å². The van der Waals surface area contributed by atoms with Crippen molar-refractivity contribution < 1.29 is 40.2 Å². The Balaban J connectivity index is 1.64. The normalized spacial score (nSPS) is 14.2. The summed E-state index contributed by atoms with van der Waals surface area (Å²) in [7, 11) is -2.75. The van der Waals surface area contributed by atoms with Crippen LogP contribution in [0.15, 0.2) is 59.8 Å². The summed E-state index contributed by atoms with van der Waals surface area (Å²) >= 11 is 0. The van der Waals surface area contributed by atoms with Crippen LogP contribution in [0.3, 0.4) is 0 Å². The topological polar surface area (TPSA) is 94.6 Å². The van der Waals surface area contributed by atoms with E-state index in [1.165, 1.54) is 37.7 Å². The summed E-state index contributed by atoms with van der Waals surface area (Å²) in [4.78, 5) is 16.3. The van der Waals surface area contributed by atoms with Crippen LogP contribution in [0.4, 0.5) is 17.6 Å². The lowest BCUT2D eigenvalue weighted by atomic mass is 10.0. The van der Waals surface area contributed by atoms with Crippen LogP contribution < -0.4 is 10.1 Å². The van der Waals surface area contributed by atoms with Gasteiger partial charge in [0.1, 0.15) is 16.8 Å². The highest BCUT2D eigenvalue weighted by molar-refractivity contribution is 7.92. The summed E-state index contributed by atoms with van der Waals surface area (Å²) in [6, 6.07) is 7.57. The summed E-state index contributed by atoms with van der Waals surface area (Å²) in [5.41, 5.74) is -0.178. The average molecular weight is 524 g/mol. The molecule has 2 heterocycles. The van der Waals surface area contributed by atoms with Crippen molar-refractivity contribution in [1.29, 1.82) is 0 Å². The van der Waals surface area contributed by atoms with Crippen molar-refractivity contribution in [2.24, 2.45) is 0 Å². The van der Waals surface area contributed by atoms with Crippen molar-refractivity contribution in [3.8, 4) is 16.9 Å². The maximum Gasteiger partial charge on any atom is 0.416 e. The number of rotatable bonds is 7. The number of halogens is 4. The van der Waals surface area contributed by atoms with E-state index in [4.69, 9.17) is 9.47 Å². The molecule has 1 amide bonds. The monoisotopic (exact) mass is 524 g/mol. The number of sulfone groups is 1. The molecule has 36 heavy (non-hydrogen) atoms. The first-order chi connectivity index (χ1) is 17.0. The van der Waals surface area contributed by atoms with Gasteiger partial charge in [0, 0.05) is 36.1 Å². The number of ether oxygens (including phenoxy) is 2. The minimum absolute atomic E-state index is 0.128. The lowest BCUT2D eigenvalue weighted by molar-refractivity contribution is -0.137. The molecule has 0 spiro atoms. The number of methoxy groups -OCH3 is 1. The molecular weight excluding hydrogens is 504 g/mol. The Bertz CT molecular complexity index is 1410. The predicted molar refractivity (Wildman–Crippen MR) is 121 cm³/mol. The van der Waals surface area contributed by atoms with E-state index in [1.807, 2.05) is 0 Å². The van der Waals surface area contributed by atoms with Gasteiger partial charge in [0.25, 0.3) is 5.91 Å². The zero-order valence-electron chi connectivity index (χ0n) is 18.8. The first kappa shape index (κ1) is 25.6. The maximum absolute atomic E-state index is 13.6. The van der Waals surface area contributed by atoms with E-state index in [1.54, 1.807) is 6.07 Å². The molecule has 1 aromatic heterocycles. The molecule has 1 aliphatic heterocycles. The number of aromatic nitrogens is 1. The van der Waals surface area contributed by atoms with E-state index in [0.717, 1.165) is 6.07 Å². The molecule has 0 aliphatic carbocycles. The molecule has 12 heteroatoms. The maximum atomic E-state index is 13.6. The smallest absolute Gasteiger partial charge is 0.416 e. The van der Waals surface area contributed by atoms with Crippen molar-refractivity contribution in [2.75, 3.05) is 20.3 Å². The Hall–Kier alpha value is -3.51. The van der Waals surface area contributed by atoms with Gasteiger partial charge in [0.15, 0.2) is 9.84 Å². The molecule has 1 N–H and O–H groups in total. The fourth-order valence-corrected chi connectivity index (χ4v) is 5.16. The second kappa shape index (κ2) is 9.86. The first-order valence-electron chi connectivity index (χ1n) is 10.6. The van der Waals surface area contributed by atoms with Gasteiger partial charge in [-0.25, -0.2) is 12.8 Å². The molecule has 1 fully saturated rings. The van der Waals surface area contributed by atoms with E-state index >= 15 is 0 Å². The van der Waals surface area contributed by atoms with Crippen LogP contribution in [0, 0.1) is 5.82 Å². The molecule has 2 aromatic carbocycles. The number of nitrogens with one attached hydrogen (secondary N) is 1. The number of hydrogen-bond donors (Lipinski definition) is 1. The molecule has 0 saturated carbocycles. The Morgan fingerprint density at radius 1 is 1.14 bits per heavy atom. The first-order valence-corrected chi connectivity index (χ1v) is 12.1. The van der Waals surface area contributed by atoms with E-state index < -0.39 is 49.0 Å². The lowest BCUT2D eigenvalue weighted by Crippen LogP contribution is -2.40. The van der Waals surface area contributed by atoms with E-state index in [-0.39, 0.29) is 25.5 Å². The molecule has 190 valence electrons. The van der Waals surface area contributed by atoms with Crippen LogP contribution in [0.5, 0.6) is 5.75 Å². The molecule has 4 rings (SSSR count). The average Bonchev–Trinajstić information content (AvgIpc) is 2.80. The van der Waals surface area contributed by atoms with E-state index in [0.29, 0.717) is 28.8 Å². The fourth-order valence-electron chi connectivity index (χ4n) is 3.64. The zero-order chi connectivity index (χ0) is 26.1. The van der Waals surface area contributed by atoms with Crippen LogP contribution >= 0.6 is 0 Å². The van der Waals surface area contributed by atoms with Crippen LogP contribution in [-0.2, 0) is 27.3 Å².